The van der Waals surface area contributed by atoms with Crippen LogP contribution in [0.25, 0.3) is 6.08 Å². The predicted molar refractivity (Wildman–Crippen MR) is 132 cm³/mol. The van der Waals surface area contributed by atoms with E-state index >= 15 is 0 Å². The summed E-state index contributed by atoms with van der Waals surface area (Å²) in [6.07, 6.45) is 8.92. The number of carbonyl (C=O) groups excluding carboxylic acids is 1. The number of carbonyl (C=O) groups is 1. The van der Waals surface area contributed by atoms with Gasteiger partial charge in [0.25, 0.3) is 0 Å². The van der Waals surface area contributed by atoms with Crippen molar-refractivity contribution < 1.29 is 4.79 Å². The maximum atomic E-state index is 13.1. The summed E-state index contributed by atoms with van der Waals surface area (Å²) < 4.78 is 0. The molecule has 1 spiro atoms. The number of fused-ring (bicyclic) bond motifs is 2. The van der Waals surface area contributed by atoms with E-state index in [2.05, 4.69) is 60.5 Å². The second-order valence-electron chi connectivity index (χ2n) is 10.3. The average Bonchev–Trinajstić information content (AvgIpc) is 3.38. The van der Waals surface area contributed by atoms with Gasteiger partial charge in [-0.3, -0.25) is 9.69 Å². The summed E-state index contributed by atoms with van der Waals surface area (Å²) in [5.74, 6) is 0.728. The number of hydrogen-bond donors (Lipinski definition) is 1. The van der Waals surface area contributed by atoms with Crippen molar-refractivity contribution in [2.75, 3.05) is 13.1 Å². The molecule has 32 heavy (non-hydrogen) atoms. The van der Waals surface area contributed by atoms with Gasteiger partial charge in [0.05, 0.1) is 0 Å². The van der Waals surface area contributed by atoms with Gasteiger partial charge < -0.3 is 5.32 Å². The molecule has 1 aliphatic heterocycles. The average molecular weight is 449 g/mol. The van der Waals surface area contributed by atoms with Gasteiger partial charge in [-0.2, -0.15) is 0 Å². The van der Waals surface area contributed by atoms with Crippen LogP contribution in [0.5, 0.6) is 0 Å². The largest absolute Gasteiger partial charge is 0.351 e. The molecule has 1 amide bonds. The summed E-state index contributed by atoms with van der Waals surface area (Å²) in [6, 6.07) is 17.1. The molecule has 0 aromatic heterocycles. The molecule has 2 aromatic carbocycles. The Labute approximate surface area is 196 Å². The highest BCUT2D eigenvalue weighted by Crippen LogP contribution is 2.49. The third kappa shape index (κ3) is 3.70. The van der Waals surface area contributed by atoms with E-state index in [0.717, 1.165) is 44.3 Å². The molecular weight excluding hydrogens is 416 g/mol. The van der Waals surface area contributed by atoms with Gasteiger partial charge in [0.2, 0.25) is 5.91 Å². The van der Waals surface area contributed by atoms with Crippen molar-refractivity contribution in [3.05, 3.63) is 76.3 Å². The normalized spacial score (nSPS) is 31.7. The Balaban J connectivity index is 1.21. The second kappa shape index (κ2) is 8.35. The summed E-state index contributed by atoms with van der Waals surface area (Å²) in [5.41, 5.74) is 3.74. The van der Waals surface area contributed by atoms with Crippen LogP contribution < -0.4 is 5.32 Å². The smallest absolute Gasteiger partial charge is 0.226 e. The Morgan fingerprint density at radius 3 is 2.75 bits per heavy atom. The lowest BCUT2D eigenvalue weighted by atomic mass is 9.68. The van der Waals surface area contributed by atoms with E-state index in [4.69, 9.17) is 11.6 Å². The van der Waals surface area contributed by atoms with Crippen LogP contribution in [-0.4, -0.2) is 29.9 Å². The quantitative estimate of drug-likeness (QED) is 0.638. The van der Waals surface area contributed by atoms with E-state index in [0.29, 0.717) is 23.5 Å². The highest BCUT2D eigenvalue weighted by Gasteiger charge is 2.48. The van der Waals surface area contributed by atoms with Crippen LogP contribution in [-0.2, 0) is 16.8 Å². The van der Waals surface area contributed by atoms with Gasteiger partial charge in [0.1, 0.15) is 0 Å². The van der Waals surface area contributed by atoms with Crippen LogP contribution in [0.2, 0.25) is 5.02 Å². The summed E-state index contributed by atoms with van der Waals surface area (Å²) in [5, 5.41) is 3.86. The molecule has 2 fully saturated rings. The van der Waals surface area contributed by atoms with E-state index < -0.39 is 0 Å². The second-order valence-corrected chi connectivity index (χ2v) is 10.7. The molecule has 1 heterocycles. The lowest BCUT2D eigenvalue weighted by molar-refractivity contribution is -0.130. The highest BCUT2D eigenvalue weighted by atomic mass is 35.5. The topological polar surface area (TPSA) is 32.3 Å². The molecule has 4 atom stereocenters. The number of likely N-dealkylation sites (tertiary alicyclic amines) is 1. The number of allylic oxidation sites excluding steroid dienone is 1. The number of benzene rings is 2. The van der Waals surface area contributed by atoms with Crippen LogP contribution in [0.1, 0.15) is 56.2 Å². The lowest BCUT2D eigenvalue weighted by Gasteiger charge is -2.46. The summed E-state index contributed by atoms with van der Waals surface area (Å²) >= 11 is 6.26. The van der Waals surface area contributed by atoms with E-state index in [1.54, 1.807) is 0 Å². The van der Waals surface area contributed by atoms with Gasteiger partial charge in [-0.1, -0.05) is 80.1 Å². The zero-order chi connectivity index (χ0) is 22.3. The number of halogens is 1. The molecule has 2 unspecified atom stereocenters. The fourth-order valence-electron chi connectivity index (χ4n) is 6.31. The minimum atomic E-state index is -0.301. The molecule has 1 saturated heterocycles. The first-order chi connectivity index (χ1) is 15.4. The molecule has 4 heteroatoms. The first-order valence-electron chi connectivity index (χ1n) is 12.0. The third-order valence-electron chi connectivity index (χ3n) is 8.40. The molecule has 1 saturated carbocycles. The number of nitrogens with zero attached hydrogens (tertiary/aromatic N) is 1. The van der Waals surface area contributed by atoms with Gasteiger partial charge in [-0.15, -0.1) is 0 Å². The summed E-state index contributed by atoms with van der Waals surface area (Å²) in [4.78, 5) is 15.8. The molecule has 3 nitrogen and oxygen atoms in total. The molecule has 2 aliphatic carbocycles. The Morgan fingerprint density at radius 2 is 1.94 bits per heavy atom. The first kappa shape index (κ1) is 21.7. The van der Waals surface area contributed by atoms with Crippen molar-refractivity contribution in [2.45, 2.75) is 57.5 Å². The number of nitrogens with one attached hydrogen (secondary N) is 1. The molecule has 0 radical (unpaired) electrons. The molecular formula is C28H33ClN2O. The molecule has 3 aliphatic rings. The van der Waals surface area contributed by atoms with Crippen LogP contribution in [0, 0.1) is 11.3 Å². The lowest BCUT2D eigenvalue weighted by Crippen LogP contribution is -2.50. The minimum Gasteiger partial charge on any atom is -0.351 e. The standard InChI is InChI=1S/C28H33ClN2O/c1-20-19-31(16-15-28(20)14-11-21-7-3-5-9-24(21)28)23-12-13-27(2,17-23)26(32)30-18-22-8-4-6-10-25(22)29/h3-11,14,20,23H,12-13,15-19H2,1-2H3,(H,30,32)/t20-,23?,27?,28-/m0/s1. The fourth-order valence-corrected chi connectivity index (χ4v) is 6.52. The zero-order valence-corrected chi connectivity index (χ0v) is 19.9. The van der Waals surface area contributed by atoms with Crippen molar-refractivity contribution in [1.29, 1.82) is 0 Å². The molecule has 5 rings (SSSR count). The molecule has 0 bridgehead atoms. The Bertz CT molecular complexity index is 1050. The highest BCUT2D eigenvalue weighted by molar-refractivity contribution is 6.31. The van der Waals surface area contributed by atoms with Crippen LogP contribution in [0.15, 0.2) is 54.6 Å². The summed E-state index contributed by atoms with van der Waals surface area (Å²) in [7, 11) is 0. The van der Waals surface area contributed by atoms with Crippen molar-refractivity contribution >= 4 is 23.6 Å². The van der Waals surface area contributed by atoms with Gasteiger partial charge in [0.15, 0.2) is 0 Å². The fraction of sp³-hybridized carbons (Fsp3) is 0.464. The van der Waals surface area contributed by atoms with E-state index in [9.17, 15) is 4.79 Å². The minimum absolute atomic E-state index is 0.161. The molecule has 1 N–H and O–H groups in total. The Hall–Kier alpha value is -2.10. The van der Waals surface area contributed by atoms with Crippen LogP contribution in [0.3, 0.4) is 0 Å². The van der Waals surface area contributed by atoms with E-state index in [-0.39, 0.29) is 16.7 Å². The number of hydrogen-bond acceptors (Lipinski definition) is 2. The predicted octanol–water partition coefficient (Wildman–Crippen LogP) is 5.82. The van der Waals surface area contributed by atoms with Crippen molar-refractivity contribution in [3.8, 4) is 0 Å². The van der Waals surface area contributed by atoms with Crippen LogP contribution in [0.4, 0.5) is 0 Å². The number of rotatable bonds is 4. The number of piperidine rings is 1. The third-order valence-corrected chi connectivity index (χ3v) is 8.77. The summed E-state index contributed by atoms with van der Waals surface area (Å²) in [6.45, 7) is 7.24. The SMILES string of the molecule is C[C@H]1CN(C2CCC(C)(C(=O)NCc3ccccc3Cl)C2)CC[C@@]12C=Cc1ccccc12. The monoisotopic (exact) mass is 448 g/mol. The number of amides is 1. The first-order valence-corrected chi connectivity index (χ1v) is 12.3. The van der Waals surface area contributed by atoms with Gasteiger partial charge in [0, 0.05) is 35.0 Å². The van der Waals surface area contributed by atoms with Crippen molar-refractivity contribution in [2.24, 2.45) is 11.3 Å². The zero-order valence-electron chi connectivity index (χ0n) is 19.1. The Kier molecular flexibility index (Phi) is 5.67. The van der Waals surface area contributed by atoms with Gasteiger partial charge >= 0.3 is 0 Å². The van der Waals surface area contributed by atoms with E-state index in [1.807, 2.05) is 24.3 Å². The van der Waals surface area contributed by atoms with Crippen molar-refractivity contribution in [3.63, 3.8) is 0 Å². The molecule has 168 valence electrons. The van der Waals surface area contributed by atoms with Gasteiger partial charge in [-0.05, 0) is 60.9 Å². The van der Waals surface area contributed by atoms with Crippen LogP contribution >= 0.6 is 11.6 Å². The maximum absolute atomic E-state index is 13.1. The van der Waals surface area contributed by atoms with Gasteiger partial charge in [-0.25, -0.2) is 0 Å². The molecule has 2 aromatic rings. The van der Waals surface area contributed by atoms with Crippen molar-refractivity contribution in [1.82, 2.24) is 10.2 Å². The Morgan fingerprint density at radius 1 is 1.16 bits per heavy atom. The maximum Gasteiger partial charge on any atom is 0.226 e. The van der Waals surface area contributed by atoms with E-state index in [1.165, 1.54) is 11.1 Å².